The van der Waals surface area contributed by atoms with Gasteiger partial charge in [0.1, 0.15) is 5.75 Å². The van der Waals surface area contributed by atoms with Crippen LogP contribution in [0.25, 0.3) is 0 Å². The van der Waals surface area contributed by atoms with Crippen LogP contribution < -0.4 is 10.1 Å². The minimum Gasteiger partial charge on any atom is -0.495 e. The van der Waals surface area contributed by atoms with E-state index in [1.54, 1.807) is 31.2 Å². The Kier molecular flexibility index (Phi) is 7.07. The Morgan fingerprint density at radius 2 is 1.82 bits per heavy atom. The van der Waals surface area contributed by atoms with E-state index >= 15 is 0 Å². The lowest BCUT2D eigenvalue weighted by Crippen LogP contribution is -2.38. The van der Waals surface area contributed by atoms with Crippen molar-refractivity contribution in [1.29, 1.82) is 0 Å². The number of para-hydroxylation sites is 3. The van der Waals surface area contributed by atoms with Gasteiger partial charge in [-0.05, 0) is 24.6 Å². The zero-order chi connectivity index (χ0) is 20.7. The predicted molar refractivity (Wildman–Crippen MR) is 104 cm³/mol. The first-order valence-corrected chi connectivity index (χ1v) is 9.91. The summed E-state index contributed by atoms with van der Waals surface area (Å²) in [5.74, 6) is -0.153. The van der Waals surface area contributed by atoms with Crippen LogP contribution in [0.15, 0.2) is 53.4 Å². The number of methoxy groups -OCH3 is 1. The van der Waals surface area contributed by atoms with Gasteiger partial charge in [0.15, 0.2) is 4.90 Å². The summed E-state index contributed by atoms with van der Waals surface area (Å²) in [6.45, 7) is 1.30. The average Bonchev–Trinajstić information content (AvgIpc) is 2.68. The Hall–Kier alpha value is -2.98. The normalized spacial score (nSPS) is 11.2. The van der Waals surface area contributed by atoms with Crippen molar-refractivity contribution in [2.45, 2.75) is 18.2 Å². The maximum absolute atomic E-state index is 13.0. The number of nitro benzene ring substituents is 1. The molecule has 0 bridgehead atoms. The third kappa shape index (κ3) is 4.84. The topological polar surface area (TPSA) is 119 Å². The Labute approximate surface area is 163 Å². The van der Waals surface area contributed by atoms with Gasteiger partial charge in [-0.2, -0.15) is 4.31 Å². The van der Waals surface area contributed by atoms with Crippen molar-refractivity contribution in [2.75, 3.05) is 25.5 Å². The number of hydrogen-bond donors (Lipinski definition) is 1. The SMILES string of the molecule is CCCN(CC(=O)Nc1ccccc1OC)S(=O)(=O)c1ccccc1[N+](=O)[O-]. The fraction of sp³-hybridized carbons (Fsp3) is 0.278. The van der Waals surface area contributed by atoms with Crippen LogP contribution in [-0.4, -0.2) is 43.8 Å². The summed E-state index contributed by atoms with van der Waals surface area (Å²) in [6, 6.07) is 11.8. The van der Waals surface area contributed by atoms with Crippen LogP contribution in [0.5, 0.6) is 5.75 Å². The molecule has 0 aliphatic heterocycles. The molecular weight excluding hydrogens is 386 g/mol. The summed E-state index contributed by atoms with van der Waals surface area (Å²) in [4.78, 5) is 22.5. The number of hydrogen-bond acceptors (Lipinski definition) is 6. The molecule has 2 aromatic carbocycles. The summed E-state index contributed by atoms with van der Waals surface area (Å²) in [5.41, 5.74) is -0.136. The van der Waals surface area contributed by atoms with E-state index < -0.39 is 38.0 Å². The lowest BCUT2D eigenvalue weighted by Gasteiger charge is -2.21. The van der Waals surface area contributed by atoms with Gasteiger partial charge < -0.3 is 10.1 Å². The van der Waals surface area contributed by atoms with E-state index in [2.05, 4.69) is 5.32 Å². The molecule has 0 saturated heterocycles. The molecule has 2 aromatic rings. The third-order valence-corrected chi connectivity index (χ3v) is 5.75. The second kappa shape index (κ2) is 9.29. The zero-order valence-electron chi connectivity index (χ0n) is 15.5. The van der Waals surface area contributed by atoms with Gasteiger partial charge in [-0.25, -0.2) is 8.42 Å². The predicted octanol–water partition coefficient (Wildman–Crippen LogP) is 2.64. The van der Waals surface area contributed by atoms with Crippen LogP contribution >= 0.6 is 0 Å². The van der Waals surface area contributed by atoms with Gasteiger partial charge in [-0.15, -0.1) is 0 Å². The smallest absolute Gasteiger partial charge is 0.289 e. The number of anilines is 1. The van der Waals surface area contributed by atoms with Crippen LogP contribution in [0.2, 0.25) is 0 Å². The lowest BCUT2D eigenvalue weighted by atomic mass is 10.3. The second-order valence-corrected chi connectivity index (χ2v) is 7.72. The monoisotopic (exact) mass is 407 g/mol. The highest BCUT2D eigenvalue weighted by Gasteiger charge is 2.32. The number of benzene rings is 2. The minimum absolute atomic E-state index is 0.0354. The number of rotatable bonds is 9. The Morgan fingerprint density at radius 3 is 2.46 bits per heavy atom. The third-order valence-electron chi connectivity index (χ3n) is 3.85. The van der Waals surface area contributed by atoms with E-state index in [-0.39, 0.29) is 6.54 Å². The molecule has 0 unspecified atom stereocenters. The Morgan fingerprint density at radius 1 is 1.18 bits per heavy atom. The van der Waals surface area contributed by atoms with Crippen LogP contribution in [0.1, 0.15) is 13.3 Å². The molecule has 0 fully saturated rings. The number of amides is 1. The van der Waals surface area contributed by atoms with Gasteiger partial charge in [0.25, 0.3) is 5.69 Å². The number of sulfonamides is 1. The largest absolute Gasteiger partial charge is 0.495 e. The number of nitrogens with zero attached hydrogens (tertiary/aromatic N) is 2. The van der Waals surface area contributed by atoms with E-state index in [4.69, 9.17) is 4.74 Å². The lowest BCUT2D eigenvalue weighted by molar-refractivity contribution is -0.387. The molecule has 0 saturated carbocycles. The molecule has 150 valence electrons. The number of nitrogens with one attached hydrogen (secondary N) is 1. The fourth-order valence-electron chi connectivity index (χ4n) is 2.60. The molecular formula is C18H21N3O6S. The average molecular weight is 407 g/mol. The summed E-state index contributed by atoms with van der Waals surface area (Å²) < 4.78 is 32.0. The zero-order valence-corrected chi connectivity index (χ0v) is 16.3. The first-order valence-electron chi connectivity index (χ1n) is 8.47. The van der Waals surface area contributed by atoms with E-state index in [9.17, 15) is 23.3 Å². The number of carbonyl (C=O) groups is 1. The van der Waals surface area contributed by atoms with E-state index in [0.717, 1.165) is 16.4 Å². The Bertz CT molecular complexity index is 961. The standard InChI is InChI=1S/C18H21N3O6S/c1-3-12-20(13-18(22)19-14-8-4-6-10-16(14)27-2)28(25,26)17-11-7-5-9-15(17)21(23)24/h4-11H,3,12-13H2,1-2H3,(H,19,22). The molecule has 0 aromatic heterocycles. The number of nitro groups is 1. The molecule has 10 heteroatoms. The molecule has 1 amide bonds. The maximum Gasteiger partial charge on any atom is 0.289 e. The van der Waals surface area contributed by atoms with Crippen LogP contribution in [0.4, 0.5) is 11.4 Å². The highest BCUT2D eigenvalue weighted by atomic mass is 32.2. The van der Waals surface area contributed by atoms with Gasteiger partial charge >= 0.3 is 0 Å². The van der Waals surface area contributed by atoms with Crippen molar-refractivity contribution >= 4 is 27.3 Å². The molecule has 0 radical (unpaired) electrons. The Balaban J connectivity index is 2.30. The van der Waals surface area contributed by atoms with Crippen molar-refractivity contribution in [3.05, 3.63) is 58.6 Å². The maximum atomic E-state index is 13.0. The first kappa shape index (κ1) is 21.3. The second-order valence-electron chi connectivity index (χ2n) is 5.81. The molecule has 1 N–H and O–H groups in total. The van der Waals surface area contributed by atoms with Gasteiger partial charge in [0.05, 0.1) is 24.3 Å². The van der Waals surface area contributed by atoms with Gasteiger partial charge in [0.2, 0.25) is 15.9 Å². The van der Waals surface area contributed by atoms with E-state index in [1.165, 1.54) is 19.2 Å². The molecule has 0 aliphatic carbocycles. The quantitative estimate of drug-likeness (QED) is 0.504. The summed E-state index contributed by atoms with van der Waals surface area (Å²) >= 11 is 0. The summed E-state index contributed by atoms with van der Waals surface area (Å²) in [7, 11) is -2.79. The molecule has 0 spiro atoms. The van der Waals surface area contributed by atoms with Crippen molar-refractivity contribution in [1.82, 2.24) is 4.31 Å². The van der Waals surface area contributed by atoms with Crippen molar-refractivity contribution in [3.8, 4) is 5.75 Å². The molecule has 0 heterocycles. The van der Waals surface area contributed by atoms with Crippen LogP contribution in [0.3, 0.4) is 0 Å². The first-order chi connectivity index (χ1) is 13.3. The molecule has 9 nitrogen and oxygen atoms in total. The molecule has 0 aliphatic rings. The van der Waals surface area contributed by atoms with Gasteiger partial charge in [0, 0.05) is 12.6 Å². The molecule has 28 heavy (non-hydrogen) atoms. The van der Waals surface area contributed by atoms with Crippen molar-refractivity contribution in [2.24, 2.45) is 0 Å². The fourth-order valence-corrected chi connectivity index (χ4v) is 4.24. The van der Waals surface area contributed by atoms with Crippen LogP contribution in [-0.2, 0) is 14.8 Å². The van der Waals surface area contributed by atoms with Crippen LogP contribution in [0, 0.1) is 10.1 Å². The van der Waals surface area contributed by atoms with E-state index in [0.29, 0.717) is 17.9 Å². The summed E-state index contributed by atoms with van der Waals surface area (Å²) in [6.07, 6.45) is 0.432. The van der Waals surface area contributed by atoms with E-state index in [1.807, 2.05) is 0 Å². The molecule has 2 rings (SSSR count). The highest BCUT2D eigenvalue weighted by molar-refractivity contribution is 7.89. The number of carbonyl (C=O) groups excluding carboxylic acids is 1. The van der Waals surface area contributed by atoms with Crippen molar-refractivity contribution < 1.29 is 22.9 Å². The van der Waals surface area contributed by atoms with Gasteiger partial charge in [-0.3, -0.25) is 14.9 Å². The summed E-state index contributed by atoms with van der Waals surface area (Å²) in [5, 5.41) is 13.8. The highest BCUT2D eigenvalue weighted by Crippen LogP contribution is 2.27. The van der Waals surface area contributed by atoms with Gasteiger partial charge in [-0.1, -0.05) is 31.2 Å². The van der Waals surface area contributed by atoms with Crippen molar-refractivity contribution in [3.63, 3.8) is 0 Å². The minimum atomic E-state index is -4.24. The molecule has 0 atom stereocenters. The number of ether oxygens (including phenoxy) is 1.